The summed E-state index contributed by atoms with van der Waals surface area (Å²) in [7, 11) is 2.01. The Bertz CT molecular complexity index is 408. The van der Waals surface area contributed by atoms with Crippen LogP contribution in [-0.2, 0) is 10.8 Å². The molecule has 1 heteroatoms. The molecule has 0 spiro atoms. The summed E-state index contributed by atoms with van der Waals surface area (Å²) in [4.78, 5) is 0. The molecule has 15 heavy (non-hydrogen) atoms. The minimum atomic E-state index is 0.214. The van der Waals surface area contributed by atoms with Crippen molar-refractivity contribution < 1.29 is 0 Å². The summed E-state index contributed by atoms with van der Waals surface area (Å²) < 4.78 is 0. The summed E-state index contributed by atoms with van der Waals surface area (Å²) in [5, 5.41) is 3.31. The Hall–Kier alpha value is -0.980. The van der Waals surface area contributed by atoms with Crippen molar-refractivity contribution in [3.05, 3.63) is 28.8 Å². The van der Waals surface area contributed by atoms with Gasteiger partial charge in [-0.05, 0) is 28.2 Å². The second-order valence-electron chi connectivity index (χ2n) is 6.07. The summed E-state index contributed by atoms with van der Waals surface area (Å²) in [6, 6.07) is 4.69. The topological polar surface area (TPSA) is 12.0 Å². The van der Waals surface area contributed by atoms with Gasteiger partial charge in [0.05, 0.1) is 0 Å². The lowest BCUT2D eigenvalue weighted by Gasteiger charge is -2.22. The second-order valence-corrected chi connectivity index (χ2v) is 6.07. The summed E-state index contributed by atoms with van der Waals surface area (Å²) in [5.41, 5.74) is 6.26. The fourth-order valence-electron chi connectivity index (χ4n) is 2.32. The van der Waals surface area contributed by atoms with E-state index in [4.69, 9.17) is 0 Å². The molecule has 82 valence electrons. The van der Waals surface area contributed by atoms with E-state index in [2.05, 4.69) is 52.1 Å². The van der Waals surface area contributed by atoms with Crippen molar-refractivity contribution in [2.75, 3.05) is 12.4 Å². The van der Waals surface area contributed by atoms with Crippen molar-refractivity contribution in [1.29, 1.82) is 0 Å². The first kappa shape index (κ1) is 10.5. The number of hydrogen-bond acceptors (Lipinski definition) is 1. The van der Waals surface area contributed by atoms with Crippen molar-refractivity contribution in [2.45, 2.75) is 45.4 Å². The van der Waals surface area contributed by atoms with Crippen LogP contribution in [0.15, 0.2) is 12.1 Å². The van der Waals surface area contributed by atoms with Crippen LogP contribution in [0.25, 0.3) is 0 Å². The molecule has 0 bridgehead atoms. The molecule has 0 saturated heterocycles. The monoisotopic (exact) mass is 203 g/mol. The first-order chi connectivity index (χ1) is 6.78. The van der Waals surface area contributed by atoms with E-state index in [9.17, 15) is 0 Å². The van der Waals surface area contributed by atoms with Crippen LogP contribution in [0.2, 0.25) is 0 Å². The van der Waals surface area contributed by atoms with E-state index < -0.39 is 0 Å². The molecule has 0 fully saturated rings. The van der Waals surface area contributed by atoms with E-state index in [1.54, 1.807) is 0 Å². The Morgan fingerprint density at radius 2 is 1.60 bits per heavy atom. The van der Waals surface area contributed by atoms with Crippen molar-refractivity contribution in [3.8, 4) is 0 Å². The molecule has 0 radical (unpaired) electrons. The van der Waals surface area contributed by atoms with Crippen LogP contribution in [0, 0.1) is 0 Å². The highest BCUT2D eigenvalue weighted by Crippen LogP contribution is 2.52. The molecule has 2 rings (SSSR count). The molecule has 0 atom stereocenters. The molecule has 1 aliphatic carbocycles. The maximum absolute atomic E-state index is 3.31. The molecule has 0 saturated carbocycles. The summed E-state index contributed by atoms with van der Waals surface area (Å²) in [6.45, 7) is 11.4. The molecule has 1 aliphatic rings. The third kappa shape index (κ3) is 1.45. The van der Waals surface area contributed by atoms with Crippen LogP contribution in [0.5, 0.6) is 0 Å². The van der Waals surface area contributed by atoms with Gasteiger partial charge in [-0.2, -0.15) is 0 Å². The van der Waals surface area contributed by atoms with E-state index >= 15 is 0 Å². The molecular weight excluding hydrogens is 182 g/mol. The summed E-state index contributed by atoms with van der Waals surface area (Å²) in [5.74, 6) is 0. The largest absolute Gasteiger partial charge is 0.388 e. The predicted molar refractivity (Wildman–Crippen MR) is 66.8 cm³/mol. The number of fused-ring (bicyclic) bond motifs is 1. The second kappa shape index (κ2) is 2.78. The van der Waals surface area contributed by atoms with E-state index in [0.717, 1.165) is 0 Å². The Balaban J connectivity index is 2.55. The molecule has 0 heterocycles. The summed E-state index contributed by atoms with van der Waals surface area (Å²) in [6.07, 6.45) is 0. The van der Waals surface area contributed by atoms with Crippen LogP contribution in [0.3, 0.4) is 0 Å². The number of hydrogen-bond donors (Lipinski definition) is 1. The molecule has 1 nitrogen and oxygen atoms in total. The molecule has 0 amide bonds. The quantitative estimate of drug-likeness (QED) is 0.734. The molecule has 0 aliphatic heterocycles. The lowest BCUT2D eigenvalue weighted by Crippen LogP contribution is -2.13. The minimum Gasteiger partial charge on any atom is -0.388 e. The highest BCUT2D eigenvalue weighted by Gasteiger charge is 2.42. The van der Waals surface area contributed by atoms with Crippen LogP contribution in [-0.4, -0.2) is 7.05 Å². The third-order valence-electron chi connectivity index (χ3n) is 3.52. The van der Waals surface area contributed by atoms with Gasteiger partial charge in [0.15, 0.2) is 0 Å². The van der Waals surface area contributed by atoms with Crippen LogP contribution < -0.4 is 5.32 Å². The SMILES string of the molecule is CNc1cc2c(cc1C(C)(C)C)C2(C)C. The molecule has 1 aromatic carbocycles. The number of rotatable bonds is 1. The zero-order valence-electron chi connectivity index (χ0n) is 10.7. The molecule has 1 aromatic rings. The van der Waals surface area contributed by atoms with Crippen LogP contribution in [0.1, 0.15) is 51.3 Å². The Morgan fingerprint density at radius 3 is 2.07 bits per heavy atom. The molecule has 1 N–H and O–H groups in total. The Labute approximate surface area is 92.9 Å². The predicted octanol–water partition coefficient (Wildman–Crippen LogP) is 3.67. The Morgan fingerprint density at radius 1 is 1.07 bits per heavy atom. The standard InChI is InChI=1S/C14H21N/c1-13(2,3)11-7-9-10(14(9,4)5)8-12(11)15-6/h7-8,15H,1-6H3. The van der Waals surface area contributed by atoms with Gasteiger partial charge in [0.25, 0.3) is 0 Å². The van der Waals surface area contributed by atoms with Gasteiger partial charge in [0, 0.05) is 18.2 Å². The first-order valence-electron chi connectivity index (χ1n) is 5.65. The van der Waals surface area contributed by atoms with Gasteiger partial charge in [-0.25, -0.2) is 0 Å². The van der Waals surface area contributed by atoms with Crippen molar-refractivity contribution >= 4 is 5.69 Å². The number of anilines is 1. The lowest BCUT2D eigenvalue weighted by atomic mass is 9.86. The highest BCUT2D eigenvalue weighted by atomic mass is 14.8. The van der Waals surface area contributed by atoms with Gasteiger partial charge in [0.2, 0.25) is 0 Å². The van der Waals surface area contributed by atoms with Gasteiger partial charge in [0.1, 0.15) is 0 Å². The van der Waals surface area contributed by atoms with E-state index in [1.165, 1.54) is 22.4 Å². The van der Waals surface area contributed by atoms with Gasteiger partial charge < -0.3 is 5.32 Å². The van der Waals surface area contributed by atoms with E-state index in [-0.39, 0.29) is 5.41 Å². The van der Waals surface area contributed by atoms with Crippen LogP contribution in [0.4, 0.5) is 5.69 Å². The van der Waals surface area contributed by atoms with Gasteiger partial charge in [-0.15, -0.1) is 0 Å². The fourth-order valence-corrected chi connectivity index (χ4v) is 2.32. The van der Waals surface area contributed by atoms with Crippen molar-refractivity contribution in [1.82, 2.24) is 0 Å². The maximum Gasteiger partial charge on any atom is 0.0378 e. The number of nitrogens with one attached hydrogen (secondary N) is 1. The van der Waals surface area contributed by atoms with Crippen molar-refractivity contribution in [2.24, 2.45) is 0 Å². The zero-order valence-corrected chi connectivity index (χ0v) is 10.7. The van der Waals surface area contributed by atoms with Crippen LogP contribution >= 0.6 is 0 Å². The highest BCUT2D eigenvalue weighted by molar-refractivity contribution is 5.69. The summed E-state index contributed by atoms with van der Waals surface area (Å²) >= 11 is 0. The first-order valence-corrected chi connectivity index (χ1v) is 5.65. The van der Waals surface area contributed by atoms with Gasteiger partial charge in [-0.3, -0.25) is 0 Å². The minimum absolute atomic E-state index is 0.214. The van der Waals surface area contributed by atoms with Gasteiger partial charge in [-0.1, -0.05) is 40.7 Å². The van der Waals surface area contributed by atoms with Crippen molar-refractivity contribution in [3.63, 3.8) is 0 Å². The Kier molecular flexibility index (Phi) is 1.95. The molecular formula is C14H21N. The molecule has 0 aromatic heterocycles. The fraction of sp³-hybridized carbons (Fsp3) is 0.571. The average Bonchev–Trinajstić information content (AvgIpc) is 2.66. The van der Waals surface area contributed by atoms with E-state index in [0.29, 0.717) is 5.41 Å². The lowest BCUT2D eigenvalue weighted by molar-refractivity contribution is 0.592. The number of benzene rings is 1. The smallest absolute Gasteiger partial charge is 0.0378 e. The van der Waals surface area contributed by atoms with E-state index in [1.807, 2.05) is 7.05 Å². The maximum atomic E-state index is 3.31. The third-order valence-corrected chi connectivity index (χ3v) is 3.52. The van der Waals surface area contributed by atoms with Gasteiger partial charge >= 0.3 is 0 Å². The zero-order chi connectivity index (χ0) is 11.4. The normalized spacial score (nSPS) is 17.2. The molecule has 0 unspecified atom stereocenters. The average molecular weight is 203 g/mol.